The molecular weight excluding hydrogens is 442 g/mol. The summed E-state index contributed by atoms with van der Waals surface area (Å²) in [6.45, 7) is 8.10. The predicted molar refractivity (Wildman–Crippen MR) is 127 cm³/mol. The highest BCUT2D eigenvalue weighted by molar-refractivity contribution is 6.34. The van der Waals surface area contributed by atoms with Crippen LogP contribution in [0.3, 0.4) is 0 Å². The maximum Gasteiger partial charge on any atom is 0.337 e. The van der Waals surface area contributed by atoms with Crippen molar-refractivity contribution in [2.24, 2.45) is 0 Å². The number of hydrogen-bond donors (Lipinski definition) is 2. The molecule has 2 heterocycles. The number of rotatable bonds is 4. The Kier molecular flexibility index (Phi) is 5.71. The molecule has 8 nitrogen and oxygen atoms in total. The van der Waals surface area contributed by atoms with E-state index >= 15 is 0 Å². The number of benzene rings is 2. The average molecular weight is 466 g/mol. The van der Waals surface area contributed by atoms with Crippen LogP contribution in [0.5, 0.6) is 0 Å². The number of H-pyrrole nitrogens is 1. The fourth-order valence-electron chi connectivity index (χ4n) is 3.46. The van der Waals surface area contributed by atoms with Gasteiger partial charge in [0.2, 0.25) is 0 Å². The quantitative estimate of drug-likeness (QED) is 0.412. The first-order valence-corrected chi connectivity index (χ1v) is 10.7. The minimum atomic E-state index is -0.510. The van der Waals surface area contributed by atoms with Crippen molar-refractivity contribution in [3.8, 4) is 11.4 Å². The third-order valence-corrected chi connectivity index (χ3v) is 5.56. The topological polar surface area (TPSA) is 101 Å². The van der Waals surface area contributed by atoms with Crippen molar-refractivity contribution in [1.29, 1.82) is 0 Å². The molecule has 2 aromatic heterocycles. The van der Waals surface area contributed by atoms with Crippen molar-refractivity contribution in [3.05, 3.63) is 69.9 Å². The second-order valence-corrected chi connectivity index (χ2v) is 9.18. The number of hydrogen-bond acceptors (Lipinski definition) is 5. The summed E-state index contributed by atoms with van der Waals surface area (Å²) in [4.78, 5) is 29.4. The van der Waals surface area contributed by atoms with Crippen LogP contribution in [0, 0.1) is 6.92 Å². The Morgan fingerprint density at radius 1 is 1.12 bits per heavy atom. The Morgan fingerprint density at radius 3 is 2.52 bits per heavy atom. The van der Waals surface area contributed by atoms with Gasteiger partial charge in [-0.05, 0) is 37.3 Å². The van der Waals surface area contributed by atoms with E-state index in [2.05, 4.69) is 41.3 Å². The van der Waals surface area contributed by atoms with Crippen LogP contribution in [0.2, 0.25) is 5.02 Å². The number of carbonyl (C=O) groups excluding carboxylic acids is 2. The van der Waals surface area contributed by atoms with Crippen LogP contribution in [0.1, 0.15) is 52.7 Å². The first kappa shape index (κ1) is 22.5. The Balaban J connectivity index is 1.70. The number of carbonyl (C=O) groups is 2. The number of aromatic amines is 1. The maximum absolute atomic E-state index is 12.9. The normalized spacial score (nSPS) is 11.6. The predicted octanol–water partition coefficient (Wildman–Crippen LogP) is 5.02. The highest BCUT2D eigenvalue weighted by Crippen LogP contribution is 2.33. The second kappa shape index (κ2) is 8.37. The van der Waals surface area contributed by atoms with Crippen molar-refractivity contribution in [1.82, 2.24) is 19.8 Å². The molecule has 4 rings (SSSR count). The van der Waals surface area contributed by atoms with Crippen molar-refractivity contribution in [2.45, 2.75) is 33.1 Å². The molecule has 0 fully saturated rings. The molecule has 9 heteroatoms. The van der Waals surface area contributed by atoms with E-state index in [0.717, 1.165) is 11.3 Å². The molecule has 0 aliphatic rings. The maximum atomic E-state index is 12.9. The fraction of sp³-hybridized carbons (Fsp3) is 0.250. The van der Waals surface area contributed by atoms with Crippen LogP contribution in [0.4, 0.5) is 5.69 Å². The fourth-order valence-corrected chi connectivity index (χ4v) is 3.91. The Hall–Kier alpha value is -3.65. The summed E-state index contributed by atoms with van der Waals surface area (Å²) in [6.07, 6.45) is 0. The molecule has 0 bridgehead atoms. The molecule has 0 radical (unpaired) electrons. The lowest BCUT2D eigenvalue weighted by atomic mass is 9.92. The first-order chi connectivity index (χ1) is 15.6. The molecule has 0 aliphatic carbocycles. The highest BCUT2D eigenvalue weighted by atomic mass is 35.5. The summed E-state index contributed by atoms with van der Waals surface area (Å²) >= 11 is 6.57. The summed E-state index contributed by atoms with van der Waals surface area (Å²) in [7, 11) is 1.30. The Morgan fingerprint density at radius 2 is 1.85 bits per heavy atom. The number of fused-ring (bicyclic) bond motifs is 1. The van der Waals surface area contributed by atoms with E-state index < -0.39 is 5.97 Å². The third kappa shape index (κ3) is 4.34. The average Bonchev–Trinajstić information content (AvgIpc) is 3.33. The van der Waals surface area contributed by atoms with Crippen LogP contribution in [-0.4, -0.2) is 38.8 Å². The molecule has 33 heavy (non-hydrogen) atoms. The van der Waals surface area contributed by atoms with Gasteiger partial charge in [-0.3, -0.25) is 9.89 Å². The number of methoxy groups -OCH3 is 1. The Labute approximate surface area is 195 Å². The van der Waals surface area contributed by atoms with E-state index in [1.54, 1.807) is 28.9 Å². The van der Waals surface area contributed by atoms with Crippen LogP contribution < -0.4 is 5.32 Å². The molecule has 0 saturated heterocycles. The monoisotopic (exact) mass is 465 g/mol. The van der Waals surface area contributed by atoms with Gasteiger partial charge >= 0.3 is 5.97 Å². The van der Waals surface area contributed by atoms with E-state index in [1.807, 2.05) is 19.1 Å². The lowest BCUT2D eigenvalue weighted by Gasteiger charge is -2.16. The number of halogens is 1. The number of anilines is 1. The first-order valence-electron chi connectivity index (χ1n) is 10.3. The van der Waals surface area contributed by atoms with Gasteiger partial charge in [-0.25, -0.2) is 9.78 Å². The van der Waals surface area contributed by atoms with E-state index in [4.69, 9.17) is 16.3 Å². The van der Waals surface area contributed by atoms with Gasteiger partial charge in [-0.1, -0.05) is 50.1 Å². The largest absolute Gasteiger partial charge is 0.465 e. The standard InChI is InChI=1S/C24H24ClN5O3/c1-13-9-10-17(26-22(31)14-7-6-8-15(12-14)23(32)33-5)16(11-13)20-27-21-18(25)19(24(2,3)4)28-30(21)29-20/h6-12,28H,1-5H3,(H,26,31). The highest BCUT2D eigenvalue weighted by Gasteiger charge is 2.25. The van der Waals surface area contributed by atoms with Crippen LogP contribution in [0.25, 0.3) is 17.0 Å². The molecule has 170 valence electrons. The van der Waals surface area contributed by atoms with E-state index in [-0.39, 0.29) is 11.3 Å². The number of nitrogens with one attached hydrogen (secondary N) is 2. The van der Waals surface area contributed by atoms with Gasteiger partial charge in [0, 0.05) is 16.5 Å². The molecule has 1 amide bonds. The van der Waals surface area contributed by atoms with Gasteiger partial charge in [0.05, 0.1) is 24.1 Å². The van der Waals surface area contributed by atoms with Gasteiger partial charge in [0.1, 0.15) is 5.02 Å². The summed E-state index contributed by atoms with van der Waals surface area (Å²) in [6, 6.07) is 11.9. The molecular formula is C24H24ClN5O3. The number of nitrogens with zero attached hydrogens (tertiary/aromatic N) is 3. The number of esters is 1. The molecule has 4 aromatic rings. The SMILES string of the molecule is COC(=O)c1cccc(C(=O)Nc2ccc(C)cc2-c2nc3c(Cl)c(C(C)(C)C)[nH]n3n2)c1. The number of aryl methyl sites for hydroxylation is 1. The number of amides is 1. The van der Waals surface area contributed by atoms with E-state index in [1.165, 1.54) is 13.2 Å². The summed E-state index contributed by atoms with van der Waals surface area (Å²) in [5.41, 5.74) is 3.95. The second-order valence-electron chi connectivity index (χ2n) is 8.80. The number of ether oxygens (including phenoxy) is 1. The van der Waals surface area contributed by atoms with Gasteiger partial charge < -0.3 is 10.1 Å². The van der Waals surface area contributed by atoms with Gasteiger partial charge in [0.15, 0.2) is 11.5 Å². The van der Waals surface area contributed by atoms with Crippen molar-refractivity contribution >= 4 is 34.8 Å². The third-order valence-electron chi connectivity index (χ3n) is 5.20. The van der Waals surface area contributed by atoms with Gasteiger partial charge in [-0.2, -0.15) is 4.63 Å². The molecule has 0 unspecified atom stereocenters. The molecule has 2 aromatic carbocycles. The van der Waals surface area contributed by atoms with E-state index in [9.17, 15) is 9.59 Å². The summed E-state index contributed by atoms with van der Waals surface area (Å²) in [5.74, 6) is -0.459. The lowest BCUT2D eigenvalue weighted by molar-refractivity contribution is 0.0600. The zero-order valence-electron chi connectivity index (χ0n) is 19.0. The van der Waals surface area contributed by atoms with Crippen molar-refractivity contribution in [3.63, 3.8) is 0 Å². The van der Waals surface area contributed by atoms with E-state index in [0.29, 0.717) is 38.9 Å². The molecule has 0 saturated carbocycles. The molecule has 2 N–H and O–H groups in total. The Bertz CT molecular complexity index is 1380. The van der Waals surface area contributed by atoms with Crippen LogP contribution >= 0.6 is 11.6 Å². The molecule has 0 atom stereocenters. The van der Waals surface area contributed by atoms with Crippen molar-refractivity contribution in [2.75, 3.05) is 12.4 Å². The summed E-state index contributed by atoms with van der Waals surface area (Å²) < 4.78 is 6.28. The minimum Gasteiger partial charge on any atom is -0.465 e. The number of aromatic nitrogens is 4. The van der Waals surface area contributed by atoms with Crippen LogP contribution in [-0.2, 0) is 10.2 Å². The zero-order chi connectivity index (χ0) is 23.9. The van der Waals surface area contributed by atoms with Crippen LogP contribution in [0.15, 0.2) is 42.5 Å². The molecule has 0 spiro atoms. The zero-order valence-corrected chi connectivity index (χ0v) is 19.7. The van der Waals surface area contributed by atoms with Gasteiger partial charge in [-0.15, -0.1) is 5.10 Å². The smallest absolute Gasteiger partial charge is 0.337 e. The lowest BCUT2D eigenvalue weighted by Crippen LogP contribution is -2.14. The summed E-state index contributed by atoms with van der Waals surface area (Å²) in [5, 5.41) is 11.2. The van der Waals surface area contributed by atoms with Gasteiger partial charge in [0.25, 0.3) is 5.91 Å². The molecule has 0 aliphatic heterocycles. The minimum absolute atomic E-state index is 0.194. The van der Waals surface area contributed by atoms with Crippen molar-refractivity contribution < 1.29 is 14.3 Å².